The number of anilines is 1. The minimum atomic E-state index is -0.0422. The number of hydrogen-bond donors (Lipinski definition) is 2. The number of carbonyl (C=O) groups is 1. The number of nitrogens with zero attached hydrogens (tertiary/aromatic N) is 2. The predicted octanol–water partition coefficient (Wildman–Crippen LogP) is 4.75. The number of rotatable bonds is 8. The topological polar surface area (TPSA) is 66.9 Å². The Morgan fingerprint density at radius 1 is 1.11 bits per heavy atom. The molecule has 2 aromatic carbocycles. The van der Waals surface area contributed by atoms with Gasteiger partial charge in [-0.15, -0.1) is 10.2 Å². The van der Waals surface area contributed by atoms with E-state index in [1.54, 1.807) is 0 Å². The molecule has 28 heavy (non-hydrogen) atoms. The Bertz CT molecular complexity index is 923. The molecule has 0 radical (unpaired) electrons. The van der Waals surface area contributed by atoms with E-state index in [9.17, 15) is 4.79 Å². The van der Waals surface area contributed by atoms with Gasteiger partial charge < -0.3 is 10.6 Å². The molecule has 7 heteroatoms. The molecule has 1 aliphatic carbocycles. The summed E-state index contributed by atoms with van der Waals surface area (Å²) in [6.07, 6.45) is 2.41. The SMILES string of the molecule is C[C@@H](NC(=O)CSc1nnc(NC2CC2)s1)c1ccc(-c2ccccc2)cc1. The molecule has 1 atom stereocenters. The summed E-state index contributed by atoms with van der Waals surface area (Å²) < 4.78 is 0.818. The zero-order chi connectivity index (χ0) is 19.3. The molecule has 0 unspecified atom stereocenters. The molecule has 0 bridgehead atoms. The summed E-state index contributed by atoms with van der Waals surface area (Å²) in [4.78, 5) is 12.3. The molecule has 1 amide bonds. The summed E-state index contributed by atoms with van der Waals surface area (Å²) in [5.41, 5.74) is 3.45. The summed E-state index contributed by atoms with van der Waals surface area (Å²) in [6.45, 7) is 2.00. The molecule has 1 aliphatic rings. The van der Waals surface area contributed by atoms with Crippen molar-refractivity contribution in [1.29, 1.82) is 0 Å². The van der Waals surface area contributed by atoms with Crippen molar-refractivity contribution in [3.63, 3.8) is 0 Å². The van der Waals surface area contributed by atoms with Crippen molar-refractivity contribution in [2.45, 2.75) is 36.2 Å². The maximum atomic E-state index is 12.3. The number of aromatic nitrogens is 2. The highest BCUT2D eigenvalue weighted by molar-refractivity contribution is 8.01. The van der Waals surface area contributed by atoms with Gasteiger partial charge in [0.25, 0.3) is 0 Å². The second-order valence-electron chi connectivity index (χ2n) is 6.86. The lowest BCUT2D eigenvalue weighted by molar-refractivity contribution is -0.119. The molecule has 1 saturated carbocycles. The Morgan fingerprint density at radius 3 is 2.54 bits per heavy atom. The van der Waals surface area contributed by atoms with Crippen molar-refractivity contribution < 1.29 is 4.79 Å². The highest BCUT2D eigenvalue weighted by Gasteiger charge is 2.22. The molecule has 4 rings (SSSR count). The van der Waals surface area contributed by atoms with Gasteiger partial charge in [-0.05, 0) is 36.5 Å². The first-order valence-corrected chi connectivity index (χ1v) is 11.1. The van der Waals surface area contributed by atoms with Crippen molar-refractivity contribution in [2.75, 3.05) is 11.1 Å². The first-order valence-electron chi connectivity index (χ1n) is 9.35. The number of carbonyl (C=O) groups excluding carboxylic acids is 1. The van der Waals surface area contributed by atoms with Crippen LogP contribution in [0.1, 0.15) is 31.4 Å². The van der Waals surface area contributed by atoms with E-state index in [-0.39, 0.29) is 11.9 Å². The van der Waals surface area contributed by atoms with E-state index in [0.717, 1.165) is 15.0 Å². The van der Waals surface area contributed by atoms with Crippen LogP contribution in [0.3, 0.4) is 0 Å². The van der Waals surface area contributed by atoms with Crippen LogP contribution in [-0.4, -0.2) is 27.9 Å². The van der Waals surface area contributed by atoms with Gasteiger partial charge in [0.15, 0.2) is 4.34 Å². The first-order chi connectivity index (χ1) is 13.7. The quantitative estimate of drug-likeness (QED) is 0.525. The monoisotopic (exact) mass is 410 g/mol. The average Bonchev–Trinajstić information content (AvgIpc) is 3.43. The third-order valence-corrected chi connectivity index (χ3v) is 6.52. The number of hydrogen-bond acceptors (Lipinski definition) is 6. The van der Waals surface area contributed by atoms with E-state index in [2.05, 4.69) is 57.2 Å². The van der Waals surface area contributed by atoms with Crippen molar-refractivity contribution in [2.24, 2.45) is 0 Å². The third kappa shape index (κ3) is 5.11. The van der Waals surface area contributed by atoms with Crippen LogP contribution in [0.5, 0.6) is 0 Å². The van der Waals surface area contributed by atoms with Crippen molar-refractivity contribution in [3.8, 4) is 11.1 Å². The predicted molar refractivity (Wildman–Crippen MR) is 116 cm³/mol. The fourth-order valence-electron chi connectivity index (χ4n) is 2.82. The van der Waals surface area contributed by atoms with Gasteiger partial charge in [-0.3, -0.25) is 4.79 Å². The van der Waals surface area contributed by atoms with E-state index >= 15 is 0 Å². The average molecular weight is 411 g/mol. The van der Waals surface area contributed by atoms with Gasteiger partial charge in [-0.1, -0.05) is 77.7 Å². The maximum absolute atomic E-state index is 12.3. The fourth-order valence-corrected chi connectivity index (χ4v) is 4.46. The van der Waals surface area contributed by atoms with Gasteiger partial charge in [0.05, 0.1) is 11.8 Å². The third-order valence-electron chi connectivity index (χ3n) is 4.53. The van der Waals surface area contributed by atoms with E-state index < -0.39 is 0 Å². The smallest absolute Gasteiger partial charge is 0.230 e. The second kappa shape index (κ2) is 8.75. The van der Waals surface area contributed by atoms with Crippen molar-refractivity contribution in [1.82, 2.24) is 15.5 Å². The van der Waals surface area contributed by atoms with Gasteiger partial charge in [-0.2, -0.15) is 0 Å². The lowest BCUT2D eigenvalue weighted by atomic mass is 10.0. The minimum absolute atomic E-state index is 0.00321. The van der Waals surface area contributed by atoms with Crippen molar-refractivity contribution >= 4 is 34.1 Å². The summed E-state index contributed by atoms with van der Waals surface area (Å²) >= 11 is 2.93. The molecule has 0 aliphatic heterocycles. The van der Waals surface area contributed by atoms with Crippen LogP contribution in [0.4, 0.5) is 5.13 Å². The molecule has 2 N–H and O–H groups in total. The molecule has 1 heterocycles. The molecule has 3 aromatic rings. The van der Waals surface area contributed by atoms with E-state index in [1.807, 2.05) is 25.1 Å². The Labute approximate surface area is 173 Å². The summed E-state index contributed by atoms with van der Waals surface area (Å²) in [7, 11) is 0. The summed E-state index contributed by atoms with van der Waals surface area (Å²) in [5, 5.41) is 15.5. The Hall–Kier alpha value is -2.38. The van der Waals surface area contributed by atoms with Gasteiger partial charge in [0, 0.05) is 6.04 Å². The highest BCUT2D eigenvalue weighted by atomic mass is 32.2. The number of nitrogens with one attached hydrogen (secondary N) is 2. The maximum Gasteiger partial charge on any atom is 0.230 e. The van der Waals surface area contributed by atoms with Crippen LogP contribution in [0.15, 0.2) is 58.9 Å². The standard InChI is InChI=1S/C21H22N4OS2/c1-14(15-7-9-17(10-8-15)16-5-3-2-4-6-16)22-19(26)13-27-21-25-24-20(28-21)23-18-11-12-18/h2-10,14,18H,11-13H2,1H3,(H,22,26)(H,23,24)/t14-/m1/s1. The van der Waals surface area contributed by atoms with Crippen LogP contribution in [0, 0.1) is 0 Å². The van der Waals surface area contributed by atoms with Crippen LogP contribution < -0.4 is 10.6 Å². The molecular weight excluding hydrogens is 388 g/mol. The Balaban J connectivity index is 1.27. The largest absolute Gasteiger partial charge is 0.357 e. The molecular formula is C21H22N4OS2. The molecule has 1 fully saturated rings. The number of thioether (sulfide) groups is 1. The number of benzene rings is 2. The molecule has 0 spiro atoms. The van der Waals surface area contributed by atoms with Crippen LogP contribution >= 0.6 is 23.1 Å². The minimum Gasteiger partial charge on any atom is -0.357 e. The Morgan fingerprint density at radius 2 is 1.82 bits per heavy atom. The molecule has 144 valence electrons. The van der Waals surface area contributed by atoms with Crippen LogP contribution in [0.25, 0.3) is 11.1 Å². The van der Waals surface area contributed by atoms with Crippen LogP contribution in [0.2, 0.25) is 0 Å². The van der Waals surface area contributed by atoms with Crippen molar-refractivity contribution in [3.05, 3.63) is 60.2 Å². The van der Waals surface area contributed by atoms with Gasteiger partial charge in [0.2, 0.25) is 11.0 Å². The second-order valence-corrected chi connectivity index (χ2v) is 9.06. The summed E-state index contributed by atoms with van der Waals surface area (Å²) in [6, 6.07) is 19.1. The highest BCUT2D eigenvalue weighted by Crippen LogP contribution is 2.30. The first kappa shape index (κ1) is 19.0. The molecule has 0 saturated heterocycles. The Kier molecular flexibility index (Phi) is 5.92. The van der Waals surface area contributed by atoms with E-state index in [0.29, 0.717) is 11.8 Å². The van der Waals surface area contributed by atoms with Crippen LogP contribution in [-0.2, 0) is 4.79 Å². The summed E-state index contributed by atoms with van der Waals surface area (Å²) in [5.74, 6) is 0.335. The van der Waals surface area contributed by atoms with Gasteiger partial charge >= 0.3 is 0 Å². The normalized spacial score (nSPS) is 14.5. The zero-order valence-corrected chi connectivity index (χ0v) is 17.2. The van der Waals surface area contributed by atoms with Gasteiger partial charge in [-0.25, -0.2) is 0 Å². The fraction of sp³-hybridized carbons (Fsp3) is 0.286. The lowest BCUT2D eigenvalue weighted by Gasteiger charge is -2.14. The van der Waals surface area contributed by atoms with Gasteiger partial charge in [0.1, 0.15) is 0 Å². The zero-order valence-electron chi connectivity index (χ0n) is 15.6. The molecule has 5 nitrogen and oxygen atoms in total. The number of amides is 1. The van der Waals surface area contributed by atoms with E-state index in [1.165, 1.54) is 47.1 Å². The van der Waals surface area contributed by atoms with E-state index in [4.69, 9.17) is 0 Å². The lowest BCUT2D eigenvalue weighted by Crippen LogP contribution is -2.28. The molecule has 1 aromatic heterocycles.